The average Bonchev–Trinajstić information content (AvgIpc) is 2.34. The molecule has 0 saturated carbocycles. The number of nitrogens with zero attached hydrogens (tertiary/aromatic N) is 2. The largest absolute Gasteiger partial charge is 0.288 e. The summed E-state index contributed by atoms with van der Waals surface area (Å²) >= 11 is 0. The minimum atomic E-state index is -3.12. The van der Waals surface area contributed by atoms with Crippen LogP contribution in [0.1, 0.15) is 0 Å². The molecule has 2 heterocycles. The van der Waals surface area contributed by atoms with Gasteiger partial charge in [0.1, 0.15) is 0 Å². The van der Waals surface area contributed by atoms with Gasteiger partial charge in [0, 0.05) is 24.8 Å². The zero-order valence-electron chi connectivity index (χ0n) is 8.79. The number of thiol groups is 1. The van der Waals surface area contributed by atoms with Gasteiger partial charge in [-0.3, -0.25) is 14.5 Å². The van der Waals surface area contributed by atoms with Crippen molar-refractivity contribution in [1.29, 1.82) is 0 Å². The first kappa shape index (κ1) is 18.1. The van der Waals surface area contributed by atoms with E-state index in [2.05, 4.69) is 9.97 Å². The Morgan fingerprint density at radius 1 is 0.706 bits per heavy atom. The zero-order chi connectivity index (χ0) is 12.1. The van der Waals surface area contributed by atoms with Crippen molar-refractivity contribution >= 4 is 28.0 Å². The normalized spacial score (nSPS) is 7.65. The molecule has 0 fully saturated rings. The molecule has 0 aliphatic heterocycles. The molecule has 2 aromatic heterocycles. The van der Waals surface area contributed by atoms with Crippen LogP contribution in [-0.2, 0) is 11.0 Å². The summed E-state index contributed by atoms with van der Waals surface area (Å²) in [6, 6.07) is 11.4. The Morgan fingerprint density at radius 2 is 0.941 bits per heavy atom. The molecule has 0 unspecified atom stereocenters. The molecule has 5 nitrogen and oxygen atoms in total. The molecule has 94 valence electrons. The third-order valence-electron chi connectivity index (χ3n) is 1.13. The SMILES string of the molecule is Br.O=[SH](=O)O.c1ccncc1.c1ccncc1. The summed E-state index contributed by atoms with van der Waals surface area (Å²) in [5, 5.41) is 0. The summed E-state index contributed by atoms with van der Waals surface area (Å²) in [5.41, 5.74) is 0. The van der Waals surface area contributed by atoms with Crippen molar-refractivity contribution in [2.45, 2.75) is 0 Å². The maximum atomic E-state index is 8.59. The van der Waals surface area contributed by atoms with E-state index in [1.165, 1.54) is 0 Å². The minimum absolute atomic E-state index is 0. The predicted molar refractivity (Wildman–Crippen MR) is 71.7 cm³/mol. The quantitative estimate of drug-likeness (QED) is 0.571. The molecule has 17 heavy (non-hydrogen) atoms. The van der Waals surface area contributed by atoms with Crippen LogP contribution in [-0.4, -0.2) is 22.9 Å². The third-order valence-corrected chi connectivity index (χ3v) is 1.13. The first-order chi connectivity index (χ1) is 7.73. The number of aromatic nitrogens is 2. The molecule has 0 amide bonds. The highest BCUT2D eigenvalue weighted by atomic mass is 79.9. The Kier molecular flexibility index (Phi) is 15.6. The summed E-state index contributed by atoms with van der Waals surface area (Å²) in [6.07, 6.45) is 7.00. The van der Waals surface area contributed by atoms with Gasteiger partial charge in [-0.25, -0.2) is 8.42 Å². The van der Waals surface area contributed by atoms with Gasteiger partial charge >= 0.3 is 0 Å². The second-order valence-corrected chi connectivity index (χ2v) is 2.76. The van der Waals surface area contributed by atoms with Crippen molar-refractivity contribution in [3.63, 3.8) is 0 Å². The van der Waals surface area contributed by atoms with E-state index in [4.69, 9.17) is 13.0 Å². The van der Waals surface area contributed by atoms with Gasteiger partial charge in [0.15, 0.2) is 0 Å². The maximum absolute atomic E-state index is 8.59. The molecule has 2 aromatic rings. The molecule has 0 spiro atoms. The van der Waals surface area contributed by atoms with E-state index in [1.54, 1.807) is 24.8 Å². The van der Waals surface area contributed by atoms with E-state index in [0.717, 1.165) is 0 Å². The maximum Gasteiger partial charge on any atom is 0.254 e. The Balaban J connectivity index is 0. The highest BCUT2D eigenvalue weighted by Crippen LogP contribution is 1.74. The highest BCUT2D eigenvalue weighted by Gasteiger charge is 1.59. The standard InChI is InChI=1S/2C5H5N.BrH.H2O3S/c2*1-2-4-6-5-3-1;;1-4(2)3/h2*1-5H;1H;4H,(H,1,2,3). The van der Waals surface area contributed by atoms with Gasteiger partial charge in [-0.05, 0) is 24.3 Å². The molecule has 2 rings (SSSR count). The monoisotopic (exact) mass is 320 g/mol. The Hall–Kier alpha value is -1.31. The Morgan fingerprint density at radius 3 is 1.00 bits per heavy atom. The van der Waals surface area contributed by atoms with Gasteiger partial charge in [0.2, 0.25) is 0 Å². The van der Waals surface area contributed by atoms with Crippen LogP contribution in [0.3, 0.4) is 0 Å². The van der Waals surface area contributed by atoms with E-state index < -0.39 is 11.0 Å². The number of halogens is 1. The fourth-order valence-electron chi connectivity index (χ4n) is 0.625. The molecule has 0 radical (unpaired) electrons. The van der Waals surface area contributed by atoms with E-state index in [1.807, 2.05) is 36.4 Å². The van der Waals surface area contributed by atoms with Gasteiger partial charge in [-0.15, -0.1) is 17.0 Å². The lowest BCUT2D eigenvalue weighted by molar-refractivity contribution is 0.509. The Bertz CT molecular complexity index is 319. The molecule has 0 aliphatic carbocycles. The van der Waals surface area contributed by atoms with Gasteiger partial charge in [-0.1, -0.05) is 12.1 Å². The van der Waals surface area contributed by atoms with Crippen LogP contribution in [0.5, 0.6) is 0 Å². The molecular formula is C10H13BrN2O3S. The van der Waals surface area contributed by atoms with Gasteiger partial charge < -0.3 is 0 Å². The van der Waals surface area contributed by atoms with Crippen LogP contribution in [0, 0.1) is 0 Å². The van der Waals surface area contributed by atoms with Crippen LogP contribution >= 0.6 is 17.0 Å². The zero-order valence-corrected chi connectivity index (χ0v) is 11.4. The molecule has 1 N–H and O–H groups in total. The molecule has 7 heteroatoms. The lowest BCUT2D eigenvalue weighted by atomic mass is 10.5. The fourth-order valence-corrected chi connectivity index (χ4v) is 0.625. The average molecular weight is 321 g/mol. The summed E-state index contributed by atoms with van der Waals surface area (Å²) in [4.78, 5) is 7.57. The van der Waals surface area contributed by atoms with Crippen LogP contribution < -0.4 is 0 Å². The predicted octanol–water partition coefficient (Wildman–Crippen LogP) is 1.81. The van der Waals surface area contributed by atoms with Crippen molar-refractivity contribution in [1.82, 2.24) is 9.97 Å². The van der Waals surface area contributed by atoms with Crippen LogP contribution in [0.15, 0.2) is 61.2 Å². The van der Waals surface area contributed by atoms with Crippen LogP contribution in [0.25, 0.3) is 0 Å². The number of rotatable bonds is 0. The van der Waals surface area contributed by atoms with Crippen molar-refractivity contribution < 1.29 is 13.0 Å². The molecule has 0 saturated heterocycles. The van der Waals surface area contributed by atoms with Crippen molar-refractivity contribution in [2.75, 3.05) is 0 Å². The number of hydrogen-bond acceptors (Lipinski definition) is 4. The summed E-state index contributed by atoms with van der Waals surface area (Å²) < 4.78 is 24.2. The first-order valence-corrected chi connectivity index (χ1v) is 5.39. The molecule has 0 atom stereocenters. The molecule has 0 bridgehead atoms. The van der Waals surface area contributed by atoms with Crippen LogP contribution in [0.4, 0.5) is 0 Å². The van der Waals surface area contributed by atoms with Gasteiger partial charge in [-0.2, -0.15) is 0 Å². The third kappa shape index (κ3) is 20.7. The summed E-state index contributed by atoms with van der Waals surface area (Å²) in [7, 11) is -3.12. The highest BCUT2D eigenvalue weighted by molar-refractivity contribution is 8.93. The molecular weight excluding hydrogens is 308 g/mol. The molecule has 0 aromatic carbocycles. The van der Waals surface area contributed by atoms with E-state index in [9.17, 15) is 0 Å². The van der Waals surface area contributed by atoms with Crippen LogP contribution in [0.2, 0.25) is 0 Å². The molecule has 0 aliphatic rings. The summed E-state index contributed by atoms with van der Waals surface area (Å²) in [6.45, 7) is 0. The minimum Gasteiger partial charge on any atom is -0.288 e. The second-order valence-electron chi connectivity index (χ2n) is 2.29. The van der Waals surface area contributed by atoms with E-state index in [-0.39, 0.29) is 17.0 Å². The van der Waals surface area contributed by atoms with Gasteiger partial charge in [0.25, 0.3) is 11.0 Å². The number of pyridine rings is 2. The number of hydrogen-bond donors (Lipinski definition) is 2. The fraction of sp³-hybridized carbons (Fsp3) is 0. The van der Waals surface area contributed by atoms with E-state index in [0.29, 0.717) is 0 Å². The second kappa shape index (κ2) is 14.7. The van der Waals surface area contributed by atoms with Crippen molar-refractivity contribution in [2.24, 2.45) is 0 Å². The Labute approximate surface area is 112 Å². The van der Waals surface area contributed by atoms with Crippen molar-refractivity contribution in [3.8, 4) is 0 Å². The lowest BCUT2D eigenvalue weighted by Crippen LogP contribution is -1.58. The van der Waals surface area contributed by atoms with E-state index >= 15 is 0 Å². The van der Waals surface area contributed by atoms with Crippen molar-refractivity contribution in [3.05, 3.63) is 61.2 Å². The topological polar surface area (TPSA) is 80.2 Å². The smallest absolute Gasteiger partial charge is 0.254 e. The lowest BCUT2D eigenvalue weighted by Gasteiger charge is -1.70. The first-order valence-electron chi connectivity index (χ1n) is 4.26. The van der Waals surface area contributed by atoms with Gasteiger partial charge in [0.05, 0.1) is 0 Å². The summed E-state index contributed by atoms with van der Waals surface area (Å²) in [5.74, 6) is 0.